The molecule has 0 saturated carbocycles. The Morgan fingerprint density at radius 1 is 0.955 bits per heavy atom. The van der Waals surface area contributed by atoms with Crippen molar-refractivity contribution in [2.75, 3.05) is 26.2 Å². The molecule has 5 atom stereocenters. The zero-order valence-electron chi connectivity index (χ0n) is 14.6. The van der Waals surface area contributed by atoms with Crippen LogP contribution in [-0.2, 0) is 0 Å². The Bertz CT molecular complexity index is 429. The molecule has 0 N–H and O–H groups in total. The van der Waals surface area contributed by atoms with Crippen LogP contribution in [0.2, 0.25) is 0 Å². The predicted octanol–water partition coefficient (Wildman–Crippen LogP) is 3.93. The molecule has 4 heterocycles. The number of piperidine rings is 3. The number of rotatable bonds is 1. The van der Waals surface area contributed by atoms with E-state index in [9.17, 15) is 0 Å². The molecule has 0 aromatic carbocycles. The summed E-state index contributed by atoms with van der Waals surface area (Å²) in [6, 6.07) is 1.68. The first-order valence-electron chi connectivity index (χ1n) is 9.89. The zero-order valence-corrected chi connectivity index (χ0v) is 14.6. The first kappa shape index (κ1) is 15.2. The van der Waals surface area contributed by atoms with E-state index in [1.54, 1.807) is 0 Å². The molecular formula is C20H34N2. The van der Waals surface area contributed by atoms with E-state index in [1.165, 1.54) is 71.1 Å². The van der Waals surface area contributed by atoms with Gasteiger partial charge in [0.1, 0.15) is 0 Å². The normalized spacial score (nSPS) is 44.1. The quantitative estimate of drug-likeness (QED) is 0.677. The highest BCUT2D eigenvalue weighted by Crippen LogP contribution is 2.39. The van der Waals surface area contributed by atoms with Gasteiger partial charge in [0.2, 0.25) is 0 Å². The van der Waals surface area contributed by atoms with E-state index in [-0.39, 0.29) is 0 Å². The molecule has 0 aromatic rings. The predicted molar refractivity (Wildman–Crippen MR) is 92.9 cm³/mol. The lowest BCUT2D eigenvalue weighted by Gasteiger charge is -2.48. The van der Waals surface area contributed by atoms with Gasteiger partial charge in [-0.05, 0) is 69.4 Å². The van der Waals surface area contributed by atoms with Crippen molar-refractivity contribution in [1.29, 1.82) is 0 Å². The Hall–Kier alpha value is -0.340. The monoisotopic (exact) mass is 302 g/mol. The minimum atomic E-state index is 0.763. The minimum Gasteiger partial charge on any atom is -0.300 e. The molecule has 4 rings (SSSR count). The van der Waals surface area contributed by atoms with Crippen LogP contribution in [0.1, 0.15) is 58.8 Å². The SMILES string of the molecule is CC1CCN2CCC(C3CN4CCCCC4CC3C)=CC2C1. The fourth-order valence-corrected chi connectivity index (χ4v) is 5.67. The maximum atomic E-state index is 2.84. The van der Waals surface area contributed by atoms with Gasteiger partial charge in [-0.2, -0.15) is 0 Å². The van der Waals surface area contributed by atoms with Crippen molar-refractivity contribution in [2.24, 2.45) is 17.8 Å². The summed E-state index contributed by atoms with van der Waals surface area (Å²) in [4.78, 5) is 5.59. The summed E-state index contributed by atoms with van der Waals surface area (Å²) in [5.41, 5.74) is 1.83. The van der Waals surface area contributed by atoms with Gasteiger partial charge in [0.15, 0.2) is 0 Å². The fourth-order valence-electron chi connectivity index (χ4n) is 5.67. The van der Waals surface area contributed by atoms with Crippen molar-refractivity contribution in [1.82, 2.24) is 9.80 Å². The van der Waals surface area contributed by atoms with Crippen molar-refractivity contribution in [3.8, 4) is 0 Å². The third-order valence-corrected chi connectivity index (χ3v) is 7.10. The van der Waals surface area contributed by atoms with Crippen LogP contribution in [0, 0.1) is 17.8 Å². The summed E-state index contributed by atoms with van der Waals surface area (Å²) in [5, 5.41) is 0. The highest BCUT2D eigenvalue weighted by Gasteiger charge is 2.38. The highest BCUT2D eigenvalue weighted by molar-refractivity contribution is 5.18. The van der Waals surface area contributed by atoms with E-state index >= 15 is 0 Å². The molecule has 124 valence electrons. The van der Waals surface area contributed by atoms with Gasteiger partial charge in [0.25, 0.3) is 0 Å². The Labute approximate surface area is 136 Å². The van der Waals surface area contributed by atoms with E-state index in [4.69, 9.17) is 0 Å². The summed E-state index contributed by atoms with van der Waals surface area (Å²) in [7, 11) is 0. The minimum absolute atomic E-state index is 0.763. The summed E-state index contributed by atoms with van der Waals surface area (Å²) in [5.74, 6) is 2.68. The zero-order chi connectivity index (χ0) is 15.1. The van der Waals surface area contributed by atoms with Crippen molar-refractivity contribution >= 4 is 0 Å². The topological polar surface area (TPSA) is 6.48 Å². The third-order valence-electron chi connectivity index (χ3n) is 7.10. The van der Waals surface area contributed by atoms with Gasteiger partial charge in [-0.1, -0.05) is 31.9 Å². The van der Waals surface area contributed by atoms with E-state index in [0.717, 1.165) is 29.8 Å². The fraction of sp³-hybridized carbons (Fsp3) is 0.900. The van der Waals surface area contributed by atoms with Crippen LogP contribution in [0.5, 0.6) is 0 Å². The van der Waals surface area contributed by atoms with Gasteiger partial charge in [0.05, 0.1) is 0 Å². The van der Waals surface area contributed by atoms with Crippen LogP contribution < -0.4 is 0 Å². The van der Waals surface area contributed by atoms with Crippen LogP contribution in [-0.4, -0.2) is 48.1 Å². The molecular weight excluding hydrogens is 268 g/mol. The second-order valence-corrected chi connectivity index (χ2v) is 8.69. The van der Waals surface area contributed by atoms with Crippen LogP contribution in [0.3, 0.4) is 0 Å². The molecule has 3 fully saturated rings. The van der Waals surface area contributed by atoms with Crippen molar-refractivity contribution in [3.63, 3.8) is 0 Å². The number of hydrogen-bond acceptors (Lipinski definition) is 2. The molecule has 22 heavy (non-hydrogen) atoms. The standard InChI is InChI=1S/C20H34N2/c1-15-6-9-21-10-7-17(13-19(21)11-15)20-14-22-8-4-3-5-18(22)12-16(20)2/h13,15-16,18-20H,3-12,14H2,1-2H3. The average molecular weight is 303 g/mol. The van der Waals surface area contributed by atoms with Crippen LogP contribution in [0.15, 0.2) is 11.6 Å². The van der Waals surface area contributed by atoms with E-state index in [2.05, 4.69) is 29.7 Å². The van der Waals surface area contributed by atoms with Gasteiger partial charge in [-0.25, -0.2) is 0 Å². The van der Waals surface area contributed by atoms with E-state index in [1.807, 2.05) is 5.57 Å². The average Bonchev–Trinajstić information content (AvgIpc) is 2.53. The Morgan fingerprint density at radius 3 is 2.77 bits per heavy atom. The van der Waals surface area contributed by atoms with Crippen molar-refractivity contribution in [2.45, 2.75) is 70.9 Å². The number of hydrogen-bond donors (Lipinski definition) is 0. The molecule has 0 bridgehead atoms. The largest absolute Gasteiger partial charge is 0.300 e. The molecule has 4 aliphatic rings. The summed E-state index contributed by atoms with van der Waals surface area (Å²) >= 11 is 0. The lowest BCUT2D eigenvalue weighted by molar-refractivity contribution is 0.0499. The molecule has 4 aliphatic heterocycles. The molecule has 0 amide bonds. The van der Waals surface area contributed by atoms with Gasteiger partial charge < -0.3 is 0 Å². The summed E-state index contributed by atoms with van der Waals surface area (Å²) in [6.45, 7) is 10.4. The van der Waals surface area contributed by atoms with Crippen LogP contribution >= 0.6 is 0 Å². The molecule has 5 unspecified atom stereocenters. The molecule has 3 saturated heterocycles. The van der Waals surface area contributed by atoms with Crippen LogP contribution in [0.25, 0.3) is 0 Å². The molecule has 2 nitrogen and oxygen atoms in total. The van der Waals surface area contributed by atoms with Gasteiger partial charge in [-0.3, -0.25) is 9.80 Å². The summed E-state index contributed by atoms with van der Waals surface area (Å²) in [6.07, 6.45) is 12.7. The molecule has 0 aliphatic carbocycles. The molecule has 0 radical (unpaired) electrons. The third kappa shape index (κ3) is 2.89. The maximum absolute atomic E-state index is 2.84. The Morgan fingerprint density at radius 2 is 1.86 bits per heavy atom. The number of nitrogens with zero attached hydrogens (tertiary/aromatic N) is 2. The highest BCUT2D eigenvalue weighted by atomic mass is 15.2. The van der Waals surface area contributed by atoms with Gasteiger partial charge >= 0.3 is 0 Å². The van der Waals surface area contributed by atoms with Gasteiger partial charge in [0, 0.05) is 25.2 Å². The maximum Gasteiger partial charge on any atom is 0.0283 e. The molecule has 2 heteroatoms. The Balaban J connectivity index is 1.48. The molecule has 0 spiro atoms. The second kappa shape index (κ2) is 6.28. The van der Waals surface area contributed by atoms with E-state index in [0.29, 0.717) is 0 Å². The number of fused-ring (bicyclic) bond motifs is 2. The lowest BCUT2D eigenvalue weighted by atomic mass is 9.74. The summed E-state index contributed by atoms with van der Waals surface area (Å²) < 4.78 is 0. The second-order valence-electron chi connectivity index (χ2n) is 8.69. The van der Waals surface area contributed by atoms with E-state index < -0.39 is 0 Å². The smallest absolute Gasteiger partial charge is 0.0283 e. The van der Waals surface area contributed by atoms with Gasteiger partial charge in [-0.15, -0.1) is 0 Å². The van der Waals surface area contributed by atoms with Crippen molar-refractivity contribution < 1.29 is 0 Å². The lowest BCUT2D eigenvalue weighted by Crippen LogP contribution is -2.51. The van der Waals surface area contributed by atoms with Crippen LogP contribution in [0.4, 0.5) is 0 Å². The molecule has 0 aromatic heterocycles. The first-order valence-corrected chi connectivity index (χ1v) is 9.89. The van der Waals surface area contributed by atoms with Crippen molar-refractivity contribution in [3.05, 3.63) is 11.6 Å². The Kier molecular flexibility index (Phi) is 4.34. The first-order chi connectivity index (χ1) is 10.7.